The highest BCUT2D eigenvalue weighted by Crippen LogP contribution is 2.18. The van der Waals surface area contributed by atoms with Crippen LogP contribution in [0.3, 0.4) is 0 Å². The molecule has 1 saturated heterocycles. The molecule has 0 aliphatic carbocycles. The molecular weight excluding hydrogens is 282 g/mol. The first-order valence-electron chi connectivity index (χ1n) is 6.85. The lowest BCUT2D eigenvalue weighted by Crippen LogP contribution is -2.32. The maximum Gasteiger partial charge on any atom is 0.291 e. The van der Waals surface area contributed by atoms with E-state index in [0.29, 0.717) is 31.0 Å². The van der Waals surface area contributed by atoms with Crippen molar-refractivity contribution in [2.75, 3.05) is 13.1 Å². The molecule has 0 radical (unpaired) electrons. The Morgan fingerprint density at radius 1 is 1.32 bits per heavy atom. The van der Waals surface area contributed by atoms with E-state index < -0.39 is 0 Å². The zero-order valence-corrected chi connectivity index (χ0v) is 11.7. The Labute approximate surface area is 127 Å². The van der Waals surface area contributed by atoms with Crippen LogP contribution in [0.25, 0.3) is 0 Å². The van der Waals surface area contributed by atoms with E-state index in [0.717, 1.165) is 0 Å². The van der Waals surface area contributed by atoms with Crippen LogP contribution in [0.4, 0.5) is 0 Å². The van der Waals surface area contributed by atoms with Crippen LogP contribution in [0.5, 0.6) is 5.88 Å². The molecule has 3 rings (SSSR count). The molecule has 3 heterocycles. The number of nitriles is 1. The lowest BCUT2D eigenvalue weighted by atomic mass is 10.3. The van der Waals surface area contributed by atoms with E-state index in [1.54, 1.807) is 35.5 Å². The van der Waals surface area contributed by atoms with Crippen molar-refractivity contribution in [3.05, 3.63) is 48.2 Å². The Hall–Kier alpha value is -3.01. The van der Waals surface area contributed by atoms with Crippen LogP contribution in [-0.4, -0.2) is 45.0 Å². The fraction of sp³-hybridized carbons (Fsp3) is 0.267. The predicted molar refractivity (Wildman–Crippen MR) is 75.9 cm³/mol. The molecule has 0 saturated carbocycles. The van der Waals surface area contributed by atoms with Crippen LogP contribution >= 0.6 is 0 Å². The smallest absolute Gasteiger partial charge is 0.291 e. The molecule has 0 bridgehead atoms. The Bertz CT molecular complexity index is 713. The van der Waals surface area contributed by atoms with E-state index in [2.05, 4.69) is 15.0 Å². The zero-order chi connectivity index (χ0) is 15.4. The molecule has 0 aromatic carbocycles. The maximum absolute atomic E-state index is 12.2. The number of nitrogens with zero attached hydrogens (tertiary/aromatic N) is 5. The second kappa shape index (κ2) is 6.18. The maximum atomic E-state index is 12.2. The molecule has 0 spiro atoms. The number of hydrogen-bond acceptors (Lipinski definition) is 6. The van der Waals surface area contributed by atoms with Gasteiger partial charge in [-0.15, -0.1) is 0 Å². The normalized spacial score (nSPS) is 17.0. The fourth-order valence-electron chi connectivity index (χ4n) is 2.27. The summed E-state index contributed by atoms with van der Waals surface area (Å²) in [5.74, 6) is 0.382. The Kier molecular flexibility index (Phi) is 3.92. The van der Waals surface area contributed by atoms with Crippen molar-refractivity contribution in [3.63, 3.8) is 0 Å². The summed E-state index contributed by atoms with van der Waals surface area (Å²) < 4.78 is 5.74. The third-order valence-corrected chi connectivity index (χ3v) is 3.34. The monoisotopic (exact) mass is 295 g/mol. The second-order valence-electron chi connectivity index (χ2n) is 4.85. The zero-order valence-electron chi connectivity index (χ0n) is 11.7. The van der Waals surface area contributed by atoms with Gasteiger partial charge in [-0.1, -0.05) is 0 Å². The molecule has 1 aliphatic heterocycles. The lowest BCUT2D eigenvalue weighted by molar-refractivity contribution is 0.0759. The van der Waals surface area contributed by atoms with E-state index in [1.807, 2.05) is 6.07 Å². The summed E-state index contributed by atoms with van der Waals surface area (Å²) in [5, 5.41) is 8.86. The fourth-order valence-corrected chi connectivity index (χ4v) is 2.27. The summed E-state index contributed by atoms with van der Waals surface area (Å²) in [6.45, 7) is 1.04. The Balaban J connectivity index is 1.63. The summed E-state index contributed by atoms with van der Waals surface area (Å²) in [7, 11) is 0. The molecule has 22 heavy (non-hydrogen) atoms. The summed E-state index contributed by atoms with van der Waals surface area (Å²) in [4.78, 5) is 25.9. The average molecular weight is 295 g/mol. The van der Waals surface area contributed by atoms with Gasteiger partial charge in [0.25, 0.3) is 5.91 Å². The molecule has 110 valence electrons. The first-order chi connectivity index (χ1) is 10.8. The third-order valence-electron chi connectivity index (χ3n) is 3.34. The van der Waals surface area contributed by atoms with Crippen LogP contribution in [0, 0.1) is 11.3 Å². The van der Waals surface area contributed by atoms with Gasteiger partial charge in [-0.3, -0.25) is 4.79 Å². The van der Waals surface area contributed by atoms with Gasteiger partial charge in [0.1, 0.15) is 6.10 Å². The number of hydrogen-bond donors (Lipinski definition) is 0. The number of pyridine rings is 1. The number of likely N-dealkylation sites (tertiary alicyclic amines) is 1. The SMILES string of the molecule is N#Cc1ccnc(OC2CCN(C(=O)c3ncccn3)C2)c1. The van der Waals surface area contributed by atoms with Gasteiger partial charge in [0.05, 0.1) is 18.2 Å². The molecule has 0 N–H and O–H groups in total. The predicted octanol–water partition coefficient (Wildman–Crippen LogP) is 1.04. The van der Waals surface area contributed by atoms with Crippen LogP contribution in [-0.2, 0) is 0 Å². The largest absolute Gasteiger partial charge is 0.472 e. The minimum absolute atomic E-state index is 0.144. The molecule has 2 aromatic rings. The van der Waals surface area contributed by atoms with Gasteiger partial charge in [-0.05, 0) is 12.1 Å². The van der Waals surface area contributed by atoms with Crippen molar-refractivity contribution in [1.29, 1.82) is 5.26 Å². The van der Waals surface area contributed by atoms with Crippen molar-refractivity contribution in [2.24, 2.45) is 0 Å². The highest BCUT2D eigenvalue weighted by atomic mass is 16.5. The van der Waals surface area contributed by atoms with E-state index in [9.17, 15) is 4.79 Å². The molecule has 1 atom stereocenters. The van der Waals surface area contributed by atoms with E-state index in [4.69, 9.17) is 10.00 Å². The Morgan fingerprint density at radius 3 is 2.91 bits per heavy atom. The van der Waals surface area contributed by atoms with Crippen LogP contribution < -0.4 is 4.74 Å². The van der Waals surface area contributed by atoms with Crippen molar-refractivity contribution in [2.45, 2.75) is 12.5 Å². The van der Waals surface area contributed by atoms with Gasteiger partial charge in [0.2, 0.25) is 11.7 Å². The number of carbonyl (C=O) groups is 1. The molecule has 1 amide bonds. The van der Waals surface area contributed by atoms with Crippen LogP contribution in [0.15, 0.2) is 36.8 Å². The number of aromatic nitrogens is 3. The summed E-state index contributed by atoms with van der Waals surface area (Å²) in [6, 6.07) is 6.91. The first-order valence-corrected chi connectivity index (χ1v) is 6.85. The molecule has 1 unspecified atom stereocenters. The number of ether oxygens (including phenoxy) is 1. The van der Waals surface area contributed by atoms with Crippen molar-refractivity contribution in [1.82, 2.24) is 19.9 Å². The quantitative estimate of drug-likeness (QED) is 0.840. The van der Waals surface area contributed by atoms with Gasteiger partial charge < -0.3 is 9.64 Å². The molecule has 1 fully saturated rings. The van der Waals surface area contributed by atoms with Gasteiger partial charge in [-0.2, -0.15) is 5.26 Å². The van der Waals surface area contributed by atoms with Gasteiger partial charge in [-0.25, -0.2) is 15.0 Å². The van der Waals surface area contributed by atoms with Crippen molar-refractivity contribution < 1.29 is 9.53 Å². The van der Waals surface area contributed by atoms with Crippen LogP contribution in [0.1, 0.15) is 22.6 Å². The second-order valence-corrected chi connectivity index (χ2v) is 4.85. The van der Waals surface area contributed by atoms with Gasteiger partial charge >= 0.3 is 0 Å². The molecular formula is C15H13N5O2. The number of amides is 1. The summed E-state index contributed by atoms with van der Waals surface area (Å²) in [5.41, 5.74) is 0.494. The van der Waals surface area contributed by atoms with Crippen LogP contribution in [0.2, 0.25) is 0 Å². The molecule has 1 aliphatic rings. The molecule has 7 nitrogen and oxygen atoms in total. The average Bonchev–Trinajstić information content (AvgIpc) is 3.03. The highest BCUT2D eigenvalue weighted by molar-refractivity contribution is 5.90. The number of carbonyl (C=O) groups excluding carboxylic acids is 1. The molecule has 7 heteroatoms. The minimum atomic E-state index is -0.203. The standard InChI is InChI=1S/C15H13N5O2/c16-9-11-2-6-17-13(8-11)22-12-3-7-20(10-12)15(21)14-18-4-1-5-19-14/h1-2,4-6,8,12H,3,7,10H2. The van der Waals surface area contributed by atoms with Crippen molar-refractivity contribution in [3.8, 4) is 11.9 Å². The van der Waals surface area contributed by atoms with Gasteiger partial charge in [0.15, 0.2) is 0 Å². The van der Waals surface area contributed by atoms with E-state index in [-0.39, 0.29) is 17.8 Å². The van der Waals surface area contributed by atoms with E-state index >= 15 is 0 Å². The molecule has 2 aromatic heterocycles. The lowest BCUT2D eigenvalue weighted by Gasteiger charge is -2.16. The van der Waals surface area contributed by atoms with Crippen molar-refractivity contribution >= 4 is 5.91 Å². The summed E-state index contributed by atoms with van der Waals surface area (Å²) >= 11 is 0. The summed E-state index contributed by atoms with van der Waals surface area (Å²) in [6.07, 6.45) is 5.18. The number of rotatable bonds is 3. The topological polar surface area (TPSA) is 92.0 Å². The first kappa shape index (κ1) is 13.9. The van der Waals surface area contributed by atoms with E-state index in [1.165, 1.54) is 6.20 Å². The highest BCUT2D eigenvalue weighted by Gasteiger charge is 2.29. The minimum Gasteiger partial charge on any atom is -0.472 e. The Morgan fingerprint density at radius 2 is 2.14 bits per heavy atom. The third kappa shape index (κ3) is 3.01. The van der Waals surface area contributed by atoms with Gasteiger partial charge in [0, 0.05) is 37.6 Å².